The van der Waals surface area contributed by atoms with Gasteiger partial charge in [0.15, 0.2) is 0 Å². The number of ether oxygens (including phenoxy) is 1. The van der Waals surface area contributed by atoms with Crippen LogP contribution in [0.3, 0.4) is 0 Å². The fraction of sp³-hybridized carbons (Fsp3) is 0.375. The zero-order valence-corrected chi connectivity index (χ0v) is 9.57. The van der Waals surface area contributed by atoms with Gasteiger partial charge in [-0.15, -0.1) is 0 Å². The number of methoxy groups -OCH3 is 1. The number of aromatic nitrogens is 1. The molecule has 0 saturated carbocycles. The molecule has 0 aliphatic rings. The number of hydrogen-bond donors (Lipinski definition) is 0. The Hall–Kier alpha value is -0.420. The zero-order valence-electron chi connectivity index (χ0n) is 7.23. The van der Waals surface area contributed by atoms with E-state index in [1.807, 2.05) is 0 Å². The van der Waals surface area contributed by atoms with Crippen molar-refractivity contribution >= 4 is 27.5 Å². The van der Waals surface area contributed by atoms with Crippen molar-refractivity contribution in [2.24, 2.45) is 0 Å². The number of nitrogens with zero attached hydrogens (tertiary/aromatic N) is 1. The van der Waals surface area contributed by atoms with Gasteiger partial charge in [0.1, 0.15) is 5.69 Å². The first-order valence-electron chi connectivity index (χ1n) is 3.67. The van der Waals surface area contributed by atoms with Gasteiger partial charge in [-0.2, -0.15) is 0 Å². The Kier molecular flexibility index (Phi) is 4.07. The summed E-state index contributed by atoms with van der Waals surface area (Å²) in [7, 11) is 1.36. The highest BCUT2D eigenvalue weighted by molar-refractivity contribution is 9.08. The predicted octanol–water partition coefficient (Wildman–Crippen LogP) is 3.58. The van der Waals surface area contributed by atoms with Gasteiger partial charge in [0.25, 0.3) is 6.43 Å². The van der Waals surface area contributed by atoms with Crippen LogP contribution in [0.15, 0.2) is 6.07 Å². The van der Waals surface area contributed by atoms with Crippen LogP contribution in [0.5, 0.6) is 5.88 Å². The second-order valence-corrected chi connectivity index (χ2v) is 3.40. The van der Waals surface area contributed by atoms with Crippen molar-refractivity contribution < 1.29 is 13.5 Å². The highest BCUT2D eigenvalue weighted by Crippen LogP contribution is 2.31. The standard InChI is InChI=1S/C8H7BrClF2NO/c1-14-5-2-4(3-9)6(10)7(13-5)8(11)12/h2,8H,3H2,1H3. The lowest BCUT2D eigenvalue weighted by molar-refractivity contribution is 0.145. The van der Waals surface area contributed by atoms with Gasteiger partial charge in [0.05, 0.1) is 12.1 Å². The third-order valence-corrected chi connectivity index (χ3v) is 2.64. The minimum absolute atomic E-state index is 0.0160. The molecule has 2 nitrogen and oxygen atoms in total. The molecular weight excluding hydrogens is 279 g/mol. The van der Waals surface area contributed by atoms with Crippen molar-refractivity contribution in [2.75, 3.05) is 7.11 Å². The largest absolute Gasteiger partial charge is 0.481 e. The molecule has 0 spiro atoms. The van der Waals surface area contributed by atoms with Crippen molar-refractivity contribution in [3.63, 3.8) is 0 Å². The molecule has 78 valence electrons. The number of hydrogen-bond acceptors (Lipinski definition) is 2. The number of rotatable bonds is 3. The van der Waals surface area contributed by atoms with Crippen molar-refractivity contribution in [3.05, 3.63) is 22.3 Å². The number of halogens is 4. The van der Waals surface area contributed by atoms with E-state index in [-0.39, 0.29) is 10.9 Å². The van der Waals surface area contributed by atoms with Gasteiger partial charge in [-0.25, -0.2) is 13.8 Å². The third kappa shape index (κ3) is 2.33. The molecule has 0 aliphatic carbocycles. The van der Waals surface area contributed by atoms with E-state index in [9.17, 15) is 8.78 Å². The maximum Gasteiger partial charge on any atom is 0.281 e. The minimum atomic E-state index is -2.70. The van der Waals surface area contributed by atoms with E-state index >= 15 is 0 Å². The molecule has 1 aromatic heterocycles. The minimum Gasteiger partial charge on any atom is -0.481 e. The molecule has 0 unspecified atom stereocenters. The molecule has 0 fully saturated rings. The van der Waals surface area contributed by atoms with Crippen LogP contribution in [0, 0.1) is 0 Å². The Bertz CT molecular complexity index is 335. The Morgan fingerprint density at radius 1 is 1.64 bits per heavy atom. The van der Waals surface area contributed by atoms with Crippen LogP contribution in [0.4, 0.5) is 8.78 Å². The lowest BCUT2D eigenvalue weighted by Gasteiger charge is -2.08. The van der Waals surface area contributed by atoms with Gasteiger partial charge in [-0.1, -0.05) is 27.5 Å². The van der Waals surface area contributed by atoms with Crippen LogP contribution >= 0.6 is 27.5 Å². The van der Waals surface area contributed by atoms with Crippen molar-refractivity contribution in [1.82, 2.24) is 4.98 Å². The lowest BCUT2D eigenvalue weighted by atomic mass is 10.2. The molecule has 1 rings (SSSR count). The summed E-state index contributed by atoms with van der Waals surface area (Å²) in [5.74, 6) is 0.138. The Morgan fingerprint density at radius 2 is 2.29 bits per heavy atom. The topological polar surface area (TPSA) is 22.1 Å². The molecule has 0 bridgehead atoms. The van der Waals surface area contributed by atoms with Crippen molar-refractivity contribution in [2.45, 2.75) is 11.8 Å². The quantitative estimate of drug-likeness (QED) is 0.792. The van der Waals surface area contributed by atoms with Gasteiger partial charge in [0.2, 0.25) is 5.88 Å². The SMILES string of the molecule is COc1cc(CBr)c(Cl)c(C(F)F)n1. The van der Waals surface area contributed by atoms with Crippen LogP contribution in [0.2, 0.25) is 5.02 Å². The third-order valence-electron chi connectivity index (χ3n) is 1.59. The normalized spacial score (nSPS) is 10.7. The average molecular weight is 287 g/mol. The Labute approximate surface area is 93.4 Å². The Morgan fingerprint density at radius 3 is 2.71 bits per heavy atom. The molecule has 0 aromatic carbocycles. The molecule has 0 radical (unpaired) electrons. The van der Waals surface area contributed by atoms with Crippen LogP contribution in [0.25, 0.3) is 0 Å². The van der Waals surface area contributed by atoms with Crippen LogP contribution in [0.1, 0.15) is 17.7 Å². The van der Waals surface area contributed by atoms with Crippen LogP contribution in [-0.4, -0.2) is 12.1 Å². The molecule has 0 amide bonds. The van der Waals surface area contributed by atoms with E-state index in [4.69, 9.17) is 16.3 Å². The lowest BCUT2D eigenvalue weighted by Crippen LogP contribution is -1.98. The summed E-state index contributed by atoms with van der Waals surface area (Å²) >= 11 is 8.85. The first-order chi connectivity index (χ1) is 6.60. The van der Waals surface area contributed by atoms with E-state index in [1.54, 1.807) is 0 Å². The van der Waals surface area contributed by atoms with Gasteiger partial charge >= 0.3 is 0 Å². The fourth-order valence-electron chi connectivity index (χ4n) is 0.923. The van der Waals surface area contributed by atoms with E-state index in [2.05, 4.69) is 20.9 Å². The first-order valence-corrected chi connectivity index (χ1v) is 5.17. The molecular formula is C8H7BrClF2NO. The summed E-state index contributed by atoms with van der Waals surface area (Å²) in [5.41, 5.74) is 0.0919. The first kappa shape index (κ1) is 11.7. The maximum atomic E-state index is 12.4. The summed E-state index contributed by atoms with van der Waals surface area (Å²) in [6.07, 6.45) is -2.70. The average Bonchev–Trinajstić information content (AvgIpc) is 2.17. The van der Waals surface area contributed by atoms with Crippen LogP contribution < -0.4 is 4.74 Å². The Balaban J connectivity index is 3.27. The summed E-state index contributed by atoms with van der Waals surface area (Å²) in [5, 5.41) is 0.363. The van der Waals surface area contributed by atoms with E-state index in [1.165, 1.54) is 13.2 Å². The summed E-state index contributed by atoms with van der Waals surface area (Å²) in [6.45, 7) is 0. The molecule has 0 N–H and O–H groups in total. The van der Waals surface area contributed by atoms with Crippen LogP contribution in [-0.2, 0) is 5.33 Å². The van der Waals surface area contributed by atoms with Gasteiger partial charge < -0.3 is 4.74 Å². The predicted molar refractivity (Wildman–Crippen MR) is 53.4 cm³/mol. The highest BCUT2D eigenvalue weighted by Gasteiger charge is 2.18. The van der Waals surface area contributed by atoms with E-state index in [0.29, 0.717) is 10.9 Å². The molecule has 0 atom stereocenters. The molecule has 1 aromatic rings. The van der Waals surface area contributed by atoms with E-state index in [0.717, 1.165) is 0 Å². The van der Waals surface area contributed by atoms with Crippen molar-refractivity contribution in [3.8, 4) is 5.88 Å². The number of pyridine rings is 1. The number of alkyl halides is 3. The van der Waals surface area contributed by atoms with Gasteiger partial charge in [0, 0.05) is 11.4 Å². The van der Waals surface area contributed by atoms with Crippen molar-refractivity contribution in [1.29, 1.82) is 0 Å². The molecule has 6 heteroatoms. The zero-order chi connectivity index (χ0) is 10.7. The summed E-state index contributed by atoms with van der Waals surface area (Å²) < 4.78 is 29.7. The second kappa shape index (κ2) is 4.89. The highest BCUT2D eigenvalue weighted by atomic mass is 79.9. The summed E-state index contributed by atoms with van der Waals surface area (Å²) in [4.78, 5) is 3.57. The maximum absolute atomic E-state index is 12.4. The van der Waals surface area contributed by atoms with Gasteiger partial charge in [-0.05, 0) is 5.56 Å². The molecule has 0 aliphatic heterocycles. The monoisotopic (exact) mass is 285 g/mol. The fourth-order valence-corrected chi connectivity index (χ4v) is 1.77. The van der Waals surface area contributed by atoms with E-state index < -0.39 is 12.1 Å². The molecule has 0 saturated heterocycles. The molecule has 1 heterocycles. The summed E-state index contributed by atoms with van der Waals surface area (Å²) in [6, 6.07) is 1.52. The smallest absolute Gasteiger partial charge is 0.281 e. The van der Waals surface area contributed by atoms with Gasteiger partial charge in [-0.3, -0.25) is 0 Å². The second-order valence-electron chi connectivity index (χ2n) is 2.46. The molecule has 14 heavy (non-hydrogen) atoms.